The number of anilines is 1. The lowest BCUT2D eigenvalue weighted by Crippen LogP contribution is -2.48. The average Bonchev–Trinajstić information content (AvgIpc) is 3.00. The summed E-state index contributed by atoms with van der Waals surface area (Å²) in [6.45, 7) is 1.44. The number of carbonyl (C=O) groups excluding carboxylic acids is 2. The molecule has 0 saturated carbocycles. The fraction of sp³-hybridized carbons (Fsp3) is 0.400. The van der Waals surface area contributed by atoms with Crippen LogP contribution in [0.15, 0.2) is 18.2 Å². The van der Waals surface area contributed by atoms with E-state index in [1.165, 1.54) is 9.80 Å². The predicted octanol–water partition coefficient (Wildman–Crippen LogP) is 0.795. The number of rotatable bonds is 3. The van der Waals surface area contributed by atoms with Gasteiger partial charge in [-0.15, -0.1) is 0 Å². The molecule has 24 heavy (non-hydrogen) atoms. The van der Waals surface area contributed by atoms with Crippen molar-refractivity contribution in [2.45, 2.75) is 6.10 Å². The maximum atomic E-state index is 12.6. The summed E-state index contributed by atoms with van der Waals surface area (Å²) < 4.78 is 5.12. The number of morpholine rings is 1. The Hall–Kier alpha value is -2.32. The lowest BCUT2D eigenvalue weighted by molar-refractivity contribution is -0.154. The van der Waals surface area contributed by atoms with Gasteiger partial charge < -0.3 is 20.1 Å². The zero-order valence-electron chi connectivity index (χ0n) is 12.7. The van der Waals surface area contributed by atoms with Crippen molar-refractivity contribution < 1.29 is 24.2 Å². The second-order valence-corrected chi connectivity index (χ2v) is 5.91. The van der Waals surface area contributed by atoms with Gasteiger partial charge in [0.1, 0.15) is 0 Å². The number of carboxylic acid groups (broad SMARTS) is 1. The molecule has 2 fully saturated rings. The highest BCUT2D eigenvalue weighted by Crippen LogP contribution is 2.29. The van der Waals surface area contributed by atoms with E-state index >= 15 is 0 Å². The minimum absolute atomic E-state index is 0.0175. The molecule has 1 aromatic carbocycles. The fourth-order valence-corrected chi connectivity index (χ4v) is 2.94. The first kappa shape index (κ1) is 16.5. The molecule has 2 heterocycles. The molecule has 0 radical (unpaired) electrons. The van der Waals surface area contributed by atoms with Crippen molar-refractivity contribution in [3.63, 3.8) is 0 Å². The van der Waals surface area contributed by atoms with Gasteiger partial charge in [0.15, 0.2) is 6.10 Å². The van der Waals surface area contributed by atoms with E-state index in [0.717, 1.165) is 0 Å². The molecule has 2 N–H and O–H groups in total. The van der Waals surface area contributed by atoms with Gasteiger partial charge in [0.05, 0.1) is 23.9 Å². The molecule has 3 rings (SSSR count). The predicted molar refractivity (Wildman–Crippen MR) is 85.5 cm³/mol. The summed E-state index contributed by atoms with van der Waals surface area (Å²) in [5.41, 5.74) is 0.806. The van der Waals surface area contributed by atoms with E-state index in [1.54, 1.807) is 18.2 Å². The zero-order valence-corrected chi connectivity index (χ0v) is 13.5. The number of nitrogens with one attached hydrogen (secondary N) is 1. The number of ether oxygens (including phenoxy) is 1. The largest absolute Gasteiger partial charge is 0.479 e. The second kappa shape index (κ2) is 6.66. The van der Waals surface area contributed by atoms with Crippen LogP contribution in [-0.2, 0) is 9.53 Å². The molecule has 2 saturated heterocycles. The van der Waals surface area contributed by atoms with Crippen molar-refractivity contribution in [3.05, 3.63) is 28.8 Å². The number of hydrogen-bond acceptors (Lipinski definition) is 4. The number of halogens is 1. The van der Waals surface area contributed by atoms with Gasteiger partial charge in [0.25, 0.3) is 5.91 Å². The quantitative estimate of drug-likeness (QED) is 0.837. The monoisotopic (exact) mass is 353 g/mol. The first-order valence-electron chi connectivity index (χ1n) is 7.46. The SMILES string of the molecule is O=C(O)C1CN(C(=O)c2ccc(Cl)c(N3CCNC3=O)c2)CCO1. The number of urea groups is 1. The van der Waals surface area contributed by atoms with Crippen LogP contribution >= 0.6 is 11.6 Å². The fourth-order valence-electron chi connectivity index (χ4n) is 2.72. The zero-order chi connectivity index (χ0) is 17.3. The highest BCUT2D eigenvalue weighted by Gasteiger charge is 2.30. The van der Waals surface area contributed by atoms with Crippen molar-refractivity contribution in [2.75, 3.05) is 37.7 Å². The van der Waals surface area contributed by atoms with Crippen LogP contribution in [0.1, 0.15) is 10.4 Å². The summed E-state index contributed by atoms with van der Waals surface area (Å²) >= 11 is 6.15. The van der Waals surface area contributed by atoms with Crippen molar-refractivity contribution in [3.8, 4) is 0 Å². The molecule has 2 aliphatic heterocycles. The number of benzene rings is 1. The Bertz CT molecular complexity index is 696. The van der Waals surface area contributed by atoms with E-state index in [-0.39, 0.29) is 25.1 Å². The van der Waals surface area contributed by atoms with Crippen molar-refractivity contribution >= 4 is 35.2 Å². The molecule has 8 nitrogen and oxygen atoms in total. The summed E-state index contributed by atoms with van der Waals surface area (Å²) in [5, 5.41) is 12.1. The molecular weight excluding hydrogens is 338 g/mol. The summed E-state index contributed by atoms with van der Waals surface area (Å²) in [6, 6.07) is 4.41. The van der Waals surface area contributed by atoms with Gasteiger partial charge in [-0.2, -0.15) is 0 Å². The Kier molecular flexibility index (Phi) is 4.59. The lowest BCUT2D eigenvalue weighted by Gasteiger charge is -2.31. The first-order valence-corrected chi connectivity index (χ1v) is 7.84. The number of aliphatic carboxylic acids is 1. The minimum atomic E-state index is -1.10. The lowest BCUT2D eigenvalue weighted by atomic mass is 10.1. The standard InChI is InChI=1S/C15H16ClN3O5/c16-10-2-1-9(7-11(10)19-4-3-17-15(19)23)13(20)18-5-6-24-12(8-18)14(21)22/h1-2,7,12H,3-6,8H2,(H,17,23)(H,21,22). The third kappa shape index (κ3) is 3.15. The van der Waals surface area contributed by atoms with Gasteiger partial charge in [-0.25, -0.2) is 9.59 Å². The van der Waals surface area contributed by atoms with E-state index in [9.17, 15) is 14.4 Å². The molecule has 0 aliphatic carbocycles. The van der Waals surface area contributed by atoms with E-state index in [1.807, 2.05) is 0 Å². The number of nitrogens with zero attached hydrogens (tertiary/aromatic N) is 2. The summed E-state index contributed by atoms with van der Waals surface area (Å²) in [7, 11) is 0. The minimum Gasteiger partial charge on any atom is -0.479 e. The third-order valence-electron chi connectivity index (χ3n) is 3.97. The molecule has 3 amide bonds. The van der Waals surface area contributed by atoms with Crippen molar-refractivity contribution in [1.29, 1.82) is 0 Å². The van der Waals surface area contributed by atoms with Crippen LogP contribution in [0, 0.1) is 0 Å². The van der Waals surface area contributed by atoms with Crippen molar-refractivity contribution in [2.24, 2.45) is 0 Å². The Morgan fingerprint density at radius 1 is 1.33 bits per heavy atom. The molecule has 0 bridgehead atoms. The molecule has 0 spiro atoms. The van der Waals surface area contributed by atoms with Crippen LogP contribution < -0.4 is 10.2 Å². The molecule has 1 atom stereocenters. The Morgan fingerprint density at radius 2 is 2.12 bits per heavy atom. The number of hydrogen-bond donors (Lipinski definition) is 2. The molecule has 1 unspecified atom stereocenters. The topological polar surface area (TPSA) is 99.2 Å². The van der Waals surface area contributed by atoms with Crippen LogP contribution in [-0.4, -0.2) is 66.8 Å². The molecule has 0 aromatic heterocycles. The van der Waals surface area contributed by atoms with Crippen LogP contribution in [0.2, 0.25) is 5.02 Å². The summed E-state index contributed by atoms with van der Waals surface area (Å²) in [4.78, 5) is 38.4. The van der Waals surface area contributed by atoms with E-state index < -0.39 is 12.1 Å². The molecule has 9 heteroatoms. The number of carboxylic acids is 1. The summed E-state index contributed by atoms with van der Waals surface area (Å²) in [6.07, 6.45) is -1.03. The van der Waals surface area contributed by atoms with Crippen LogP contribution in [0.3, 0.4) is 0 Å². The van der Waals surface area contributed by atoms with Crippen LogP contribution in [0.5, 0.6) is 0 Å². The highest BCUT2D eigenvalue weighted by atomic mass is 35.5. The smallest absolute Gasteiger partial charge is 0.334 e. The second-order valence-electron chi connectivity index (χ2n) is 5.50. The van der Waals surface area contributed by atoms with Gasteiger partial charge in [0, 0.05) is 25.2 Å². The van der Waals surface area contributed by atoms with Gasteiger partial charge in [-0.1, -0.05) is 11.6 Å². The van der Waals surface area contributed by atoms with Gasteiger partial charge in [-0.05, 0) is 18.2 Å². The van der Waals surface area contributed by atoms with E-state index in [4.69, 9.17) is 21.4 Å². The maximum Gasteiger partial charge on any atom is 0.334 e. The van der Waals surface area contributed by atoms with E-state index in [2.05, 4.69) is 5.32 Å². The van der Waals surface area contributed by atoms with Crippen LogP contribution in [0.4, 0.5) is 10.5 Å². The summed E-state index contributed by atoms with van der Waals surface area (Å²) in [5.74, 6) is -1.42. The Morgan fingerprint density at radius 3 is 2.79 bits per heavy atom. The van der Waals surface area contributed by atoms with E-state index in [0.29, 0.717) is 35.9 Å². The Labute approximate surface area is 142 Å². The maximum absolute atomic E-state index is 12.6. The highest BCUT2D eigenvalue weighted by molar-refractivity contribution is 6.34. The molecule has 128 valence electrons. The normalized spacial score (nSPS) is 20.9. The van der Waals surface area contributed by atoms with Crippen molar-refractivity contribution in [1.82, 2.24) is 10.2 Å². The van der Waals surface area contributed by atoms with Gasteiger partial charge in [-0.3, -0.25) is 9.69 Å². The Balaban J connectivity index is 1.82. The average molecular weight is 354 g/mol. The van der Waals surface area contributed by atoms with Gasteiger partial charge in [0.2, 0.25) is 0 Å². The molecular formula is C15H16ClN3O5. The third-order valence-corrected chi connectivity index (χ3v) is 4.29. The molecule has 1 aromatic rings. The number of carbonyl (C=O) groups is 3. The first-order chi connectivity index (χ1) is 11.5. The number of amides is 3. The van der Waals surface area contributed by atoms with Gasteiger partial charge >= 0.3 is 12.0 Å². The van der Waals surface area contributed by atoms with Crippen LogP contribution in [0.25, 0.3) is 0 Å². The molecule has 2 aliphatic rings.